The zero-order chi connectivity index (χ0) is 30.3. The first-order valence-corrected chi connectivity index (χ1v) is 14.8. The number of carboxylic acids is 1. The van der Waals surface area contributed by atoms with Crippen LogP contribution in [0.15, 0.2) is 66.9 Å². The highest BCUT2D eigenvalue weighted by Gasteiger charge is 2.32. The third kappa shape index (κ3) is 8.13. The van der Waals surface area contributed by atoms with Gasteiger partial charge in [-0.2, -0.15) is 17.4 Å². The van der Waals surface area contributed by atoms with Crippen LogP contribution in [0.5, 0.6) is 0 Å². The highest BCUT2D eigenvalue weighted by Crippen LogP contribution is 2.19. The third-order valence-corrected chi connectivity index (χ3v) is 8.30. The Labute approximate surface area is 244 Å². The molecular weight excluding hydrogens is 561 g/mol. The topological polar surface area (TPSA) is 132 Å². The molecule has 0 saturated carbocycles. The van der Waals surface area contributed by atoms with E-state index in [-0.39, 0.29) is 31.1 Å². The van der Waals surface area contributed by atoms with Crippen molar-refractivity contribution in [2.45, 2.75) is 26.4 Å². The van der Waals surface area contributed by atoms with Crippen molar-refractivity contribution in [3.05, 3.63) is 95.1 Å². The summed E-state index contributed by atoms with van der Waals surface area (Å²) < 4.78 is 42.4. The molecule has 3 N–H and O–H groups in total. The van der Waals surface area contributed by atoms with E-state index in [1.807, 2.05) is 24.3 Å². The van der Waals surface area contributed by atoms with Gasteiger partial charge in [0.2, 0.25) is 0 Å². The molecule has 1 saturated heterocycles. The number of rotatable bonds is 9. The van der Waals surface area contributed by atoms with Gasteiger partial charge in [-0.1, -0.05) is 37.8 Å². The Hall–Kier alpha value is -4.31. The standard InChI is InChI=1S/C30H32FN5O5S/c1-21(2)28(30(38)39)34-42(40,41)36-16-14-35(15-17-36)26-10-8-22(9-11-26)6-7-23-12-13-32-27(19-23)29(37)33-20-24-4-3-5-25(31)18-24/h3-5,8-13,18-19,21,28,34H,14-17,20H2,1-2H3,(H,33,37)(H,38,39)/t28-/m1/s1. The van der Waals surface area contributed by atoms with E-state index in [0.717, 1.165) is 11.3 Å². The van der Waals surface area contributed by atoms with Gasteiger partial charge < -0.3 is 15.3 Å². The van der Waals surface area contributed by atoms with Crippen LogP contribution in [0.4, 0.5) is 10.1 Å². The van der Waals surface area contributed by atoms with Crippen LogP contribution in [0, 0.1) is 23.6 Å². The number of nitrogens with one attached hydrogen (secondary N) is 2. The Bertz CT molecular complexity index is 1590. The lowest BCUT2D eigenvalue weighted by atomic mass is 10.1. The van der Waals surface area contributed by atoms with Crippen molar-refractivity contribution in [1.82, 2.24) is 19.3 Å². The Morgan fingerprint density at radius 1 is 1.00 bits per heavy atom. The summed E-state index contributed by atoms with van der Waals surface area (Å²) in [6.07, 6.45) is 1.50. The summed E-state index contributed by atoms with van der Waals surface area (Å²) >= 11 is 0. The number of nitrogens with zero attached hydrogens (tertiary/aromatic N) is 3. The number of carbonyl (C=O) groups excluding carboxylic acids is 1. The number of halogens is 1. The van der Waals surface area contributed by atoms with Gasteiger partial charge in [-0.05, 0) is 60.0 Å². The maximum atomic E-state index is 13.4. The molecular formula is C30H32FN5O5S. The lowest BCUT2D eigenvalue weighted by molar-refractivity contribution is -0.140. The molecule has 1 aliphatic rings. The first-order valence-electron chi connectivity index (χ1n) is 13.4. The number of piperazine rings is 1. The number of benzene rings is 2. The number of pyridine rings is 1. The quantitative estimate of drug-likeness (QED) is 0.325. The number of carbonyl (C=O) groups is 2. The zero-order valence-electron chi connectivity index (χ0n) is 23.2. The Balaban J connectivity index is 1.32. The average Bonchev–Trinajstić information content (AvgIpc) is 2.98. The summed E-state index contributed by atoms with van der Waals surface area (Å²) in [5, 5.41) is 12.1. The molecule has 12 heteroatoms. The van der Waals surface area contributed by atoms with E-state index in [0.29, 0.717) is 24.2 Å². The Kier molecular flexibility index (Phi) is 9.90. The summed E-state index contributed by atoms with van der Waals surface area (Å²) in [5.74, 6) is 3.75. The van der Waals surface area contributed by atoms with Crippen molar-refractivity contribution in [3.63, 3.8) is 0 Å². The molecule has 10 nitrogen and oxygen atoms in total. The summed E-state index contributed by atoms with van der Waals surface area (Å²) in [6, 6.07) is 15.6. The van der Waals surface area contributed by atoms with Crippen LogP contribution < -0.4 is 14.9 Å². The van der Waals surface area contributed by atoms with Gasteiger partial charge in [0.1, 0.15) is 17.6 Å². The SMILES string of the molecule is CC(C)[C@@H](NS(=O)(=O)N1CCN(c2ccc(C#Cc3ccnc(C(=O)NCc4cccc(F)c4)c3)cc2)CC1)C(=O)O. The predicted molar refractivity (Wildman–Crippen MR) is 156 cm³/mol. The van der Waals surface area contributed by atoms with Gasteiger partial charge in [0.05, 0.1) is 0 Å². The van der Waals surface area contributed by atoms with Crippen LogP contribution in [0.3, 0.4) is 0 Å². The first kappa shape index (κ1) is 30.6. The fourth-order valence-electron chi connectivity index (χ4n) is 4.35. The van der Waals surface area contributed by atoms with Crippen LogP contribution in [0.25, 0.3) is 0 Å². The number of carboxylic acid groups (broad SMARTS) is 1. The van der Waals surface area contributed by atoms with Crippen LogP contribution in [-0.4, -0.2) is 66.9 Å². The molecule has 1 amide bonds. The number of aliphatic carboxylic acids is 1. The van der Waals surface area contributed by atoms with E-state index in [2.05, 4.69) is 31.8 Å². The molecule has 0 bridgehead atoms. The van der Waals surface area contributed by atoms with Gasteiger partial charge in [-0.15, -0.1) is 0 Å². The molecule has 0 spiro atoms. The minimum atomic E-state index is -3.93. The lowest BCUT2D eigenvalue weighted by Gasteiger charge is -2.36. The van der Waals surface area contributed by atoms with Crippen LogP contribution in [-0.2, 0) is 21.5 Å². The number of amides is 1. The molecule has 1 fully saturated rings. The second-order valence-electron chi connectivity index (χ2n) is 10.1. The van der Waals surface area contributed by atoms with Crippen molar-refractivity contribution in [2.24, 2.45) is 5.92 Å². The number of aromatic nitrogens is 1. The van der Waals surface area contributed by atoms with Crippen molar-refractivity contribution in [3.8, 4) is 11.8 Å². The number of hydrogen-bond donors (Lipinski definition) is 3. The van der Waals surface area contributed by atoms with Gasteiger partial charge >= 0.3 is 5.97 Å². The Morgan fingerprint density at radius 2 is 1.69 bits per heavy atom. The fourth-order valence-corrected chi connectivity index (χ4v) is 5.83. The smallest absolute Gasteiger partial charge is 0.322 e. The molecule has 0 aliphatic carbocycles. The highest BCUT2D eigenvalue weighted by molar-refractivity contribution is 7.87. The van der Waals surface area contributed by atoms with E-state index in [1.165, 1.54) is 22.6 Å². The van der Waals surface area contributed by atoms with E-state index < -0.39 is 34.0 Å². The highest BCUT2D eigenvalue weighted by atomic mass is 32.2. The van der Waals surface area contributed by atoms with Crippen molar-refractivity contribution in [2.75, 3.05) is 31.1 Å². The van der Waals surface area contributed by atoms with E-state index >= 15 is 0 Å². The lowest BCUT2D eigenvalue weighted by Crippen LogP contribution is -2.55. The van der Waals surface area contributed by atoms with Gasteiger partial charge in [-0.3, -0.25) is 14.6 Å². The second-order valence-corrected chi connectivity index (χ2v) is 11.8. The molecule has 0 unspecified atom stereocenters. The summed E-state index contributed by atoms with van der Waals surface area (Å²) in [7, 11) is -3.93. The maximum Gasteiger partial charge on any atom is 0.322 e. The fraction of sp³-hybridized carbons (Fsp3) is 0.300. The third-order valence-electron chi connectivity index (χ3n) is 6.71. The number of anilines is 1. The minimum absolute atomic E-state index is 0.172. The Morgan fingerprint density at radius 3 is 2.33 bits per heavy atom. The normalized spacial score (nSPS) is 14.6. The molecule has 220 valence electrons. The summed E-state index contributed by atoms with van der Waals surface area (Å²) in [5.41, 5.74) is 3.12. The largest absolute Gasteiger partial charge is 0.480 e. The minimum Gasteiger partial charge on any atom is -0.480 e. The van der Waals surface area contributed by atoms with Crippen LogP contribution >= 0.6 is 0 Å². The van der Waals surface area contributed by atoms with Crippen molar-refractivity contribution >= 4 is 27.8 Å². The molecule has 1 aliphatic heterocycles. The van der Waals surface area contributed by atoms with Gasteiger partial charge in [-0.25, -0.2) is 4.39 Å². The molecule has 2 heterocycles. The number of hydrogen-bond acceptors (Lipinski definition) is 6. The van der Waals surface area contributed by atoms with E-state index in [9.17, 15) is 27.5 Å². The average molecular weight is 594 g/mol. The predicted octanol–water partition coefficient (Wildman–Crippen LogP) is 2.62. The van der Waals surface area contributed by atoms with E-state index in [4.69, 9.17) is 0 Å². The molecule has 1 atom stereocenters. The molecule has 1 aromatic heterocycles. The summed E-state index contributed by atoms with van der Waals surface area (Å²) in [4.78, 5) is 30.1. The molecule has 0 radical (unpaired) electrons. The van der Waals surface area contributed by atoms with E-state index in [1.54, 1.807) is 38.1 Å². The van der Waals surface area contributed by atoms with Crippen LogP contribution in [0.1, 0.15) is 41.0 Å². The monoisotopic (exact) mass is 593 g/mol. The molecule has 42 heavy (non-hydrogen) atoms. The molecule has 2 aromatic carbocycles. The molecule has 3 aromatic rings. The summed E-state index contributed by atoms with van der Waals surface area (Å²) in [6.45, 7) is 4.83. The van der Waals surface area contributed by atoms with Crippen molar-refractivity contribution in [1.29, 1.82) is 0 Å². The first-order chi connectivity index (χ1) is 20.0. The van der Waals surface area contributed by atoms with Gasteiger partial charge in [0.15, 0.2) is 0 Å². The maximum absolute atomic E-state index is 13.4. The second kappa shape index (κ2) is 13.6. The molecule has 4 rings (SSSR count). The van der Waals surface area contributed by atoms with Crippen molar-refractivity contribution < 1.29 is 27.5 Å². The van der Waals surface area contributed by atoms with Gasteiger partial charge in [0.25, 0.3) is 16.1 Å². The zero-order valence-corrected chi connectivity index (χ0v) is 24.1. The van der Waals surface area contributed by atoms with Crippen LogP contribution in [0.2, 0.25) is 0 Å². The van der Waals surface area contributed by atoms with Gasteiger partial charge in [0, 0.05) is 55.7 Å².